The summed E-state index contributed by atoms with van der Waals surface area (Å²) in [6, 6.07) is 8.10. The maximum Gasteiger partial charge on any atom is 0.254 e. The molecule has 0 aliphatic carbocycles. The minimum absolute atomic E-state index is 0.178. The summed E-state index contributed by atoms with van der Waals surface area (Å²) < 4.78 is 16.3. The molecule has 182 valence electrons. The predicted molar refractivity (Wildman–Crippen MR) is 134 cm³/mol. The number of aryl methyl sites for hydroxylation is 1. The van der Waals surface area contributed by atoms with Gasteiger partial charge in [-0.15, -0.1) is 0 Å². The summed E-state index contributed by atoms with van der Waals surface area (Å²) in [7, 11) is 0. The standard InChI is InChI=1S/C26H25FN8O/c1-14-5-7-35-19(13-30-25(35)23(14)27)24-16-10-31-26(36)22(16)17(11-29-24)32-20-3-2-4-21(33-20)34-8-6-15-9-28-12-18(15)34/h2-5,7,11,13,15,18,28H,6,8-10,12H2,1H3,(H,31,36)(H,32,33)/t15-,18+/m1/s1. The zero-order valence-corrected chi connectivity index (χ0v) is 19.8. The summed E-state index contributed by atoms with van der Waals surface area (Å²) in [5.74, 6) is 1.72. The van der Waals surface area contributed by atoms with Crippen molar-refractivity contribution in [2.75, 3.05) is 29.9 Å². The fraction of sp³-hybridized carbons (Fsp3) is 0.308. The Bertz CT molecular complexity index is 1530. The molecule has 0 aromatic carbocycles. The summed E-state index contributed by atoms with van der Waals surface area (Å²) in [6.45, 7) is 5.09. The highest BCUT2D eigenvalue weighted by molar-refractivity contribution is 6.05. The highest BCUT2D eigenvalue weighted by atomic mass is 19.1. The van der Waals surface area contributed by atoms with Crippen LogP contribution in [0.4, 0.5) is 21.7 Å². The van der Waals surface area contributed by atoms with Crippen molar-refractivity contribution in [1.82, 2.24) is 30.0 Å². The molecule has 0 saturated carbocycles. The van der Waals surface area contributed by atoms with Crippen LogP contribution < -0.4 is 20.9 Å². The third kappa shape index (κ3) is 3.17. The number of aromatic nitrogens is 4. The number of pyridine rings is 3. The van der Waals surface area contributed by atoms with E-state index in [0.29, 0.717) is 52.5 Å². The summed E-state index contributed by atoms with van der Waals surface area (Å²) in [6.07, 6.45) is 6.19. The van der Waals surface area contributed by atoms with Crippen molar-refractivity contribution in [3.63, 3.8) is 0 Å². The molecule has 2 atom stereocenters. The van der Waals surface area contributed by atoms with Gasteiger partial charge in [-0.1, -0.05) is 6.07 Å². The van der Waals surface area contributed by atoms with E-state index >= 15 is 0 Å². The van der Waals surface area contributed by atoms with Crippen LogP contribution in [-0.4, -0.2) is 50.9 Å². The van der Waals surface area contributed by atoms with Crippen LogP contribution in [0.1, 0.15) is 27.9 Å². The fourth-order valence-electron chi connectivity index (χ4n) is 5.77. The van der Waals surface area contributed by atoms with Crippen molar-refractivity contribution in [2.45, 2.75) is 25.9 Å². The number of halogens is 1. The van der Waals surface area contributed by atoms with E-state index in [4.69, 9.17) is 4.98 Å². The van der Waals surface area contributed by atoms with Gasteiger partial charge in [-0.25, -0.2) is 14.4 Å². The summed E-state index contributed by atoms with van der Waals surface area (Å²) >= 11 is 0. The number of anilines is 3. The number of hydrogen-bond acceptors (Lipinski definition) is 7. The number of carbonyl (C=O) groups excluding carboxylic acids is 1. The van der Waals surface area contributed by atoms with Gasteiger partial charge in [-0.2, -0.15) is 0 Å². The number of rotatable bonds is 4. The Morgan fingerprint density at radius 1 is 1.17 bits per heavy atom. The first-order chi connectivity index (χ1) is 17.6. The topological polar surface area (TPSA) is 99.5 Å². The molecule has 3 aliphatic rings. The molecule has 0 radical (unpaired) electrons. The molecule has 0 bridgehead atoms. The van der Waals surface area contributed by atoms with E-state index in [0.717, 1.165) is 31.0 Å². The van der Waals surface area contributed by atoms with Gasteiger partial charge >= 0.3 is 0 Å². The zero-order valence-electron chi connectivity index (χ0n) is 19.8. The third-order valence-corrected chi connectivity index (χ3v) is 7.62. The van der Waals surface area contributed by atoms with E-state index in [1.807, 2.05) is 18.2 Å². The van der Waals surface area contributed by atoms with Crippen LogP contribution in [0.3, 0.4) is 0 Å². The van der Waals surface area contributed by atoms with Gasteiger partial charge in [0, 0.05) is 44.0 Å². The second-order valence-electron chi connectivity index (χ2n) is 9.68. The van der Waals surface area contributed by atoms with Crippen molar-refractivity contribution in [3.8, 4) is 11.4 Å². The first kappa shape index (κ1) is 21.3. The van der Waals surface area contributed by atoms with Gasteiger partial charge in [0.25, 0.3) is 5.91 Å². The minimum Gasteiger partial charge on any atom is -0.352 e. The van der Waals surface area contributed by atoms with Crippen LogP contribution in [0, 0.1) is 18.7 Å². The van der Waals surface area contributed by atoms with Crippen LogP contribution in [-0.2, 0) is 6.54 Å². The second kappa shape index (κ2) is 7.99. The molecule has 3 N–H and O–H groups in total. The molecular formula is C26H25FN8O. The monoisotopic (exact) mass is 484 g/mol. The number of hydrogen-bond donors (Lipinski definition) is 3. The Balaban J connectivity index is 1.25. The Morgan fingerprint density at radius 2 is 2.08 bits per heavy atom. The second-order valence-corrected chi connectivity index (χ2v) is 9.68. The number of fused-ring (bicyclic) bond motifs is 3. The van der Waals surface area contributed by atoms with Crippen molar-refractivity contribution < 1.29 is 9.18 Å². The molecule has 1 amide bonds. The van der Waals surface area contributed by atoms with Gasteiger partial charge < -0.3 is 20.9 Å². The van der Waals surface area contributed by atoms with Crippen LogP contribution in [0.25, 0.3) is 17.0 Å². The quantitative estimate of drug-likeness (QED) is 0.410. The van der Waals surface area contributed by atoms with Gasteiger partial charge in [-0.3, -0.25) is 14.2 Å². The predicted octanol–water partition coefficient (Wildman–Crippen LogP) is 3.02. The van der Waals surface area contributed by atoms with E-state index in [1.54, 1.807) is 36.0 Å². The zero-order chi connectivity index (χ0) is 24.4. The van der Waals surface area contributed by atoms with Gasteiger partial charge in [0.1, 0.15) is 11.6 Å². The molecule has 2 fully saturated rings. The fourth-order valence-corrected chi connectivity index (χ4v) is 5.77. The van der Waals surface area contributed by atoms with Crippen LogP contribution >= 0.6 is 0 Å². The average molecular weight is 485 g/mol. The SMILES string of the molecule is Cc1ccn2c(-c3ncc(Nc4cccc(N5CC[C@@H]6CNC[C@@H]65)n4)c4c3CNC4=O)cnc2c1F. The van der Waals surface area contributed by atoms with Crippen LogP contribution in [0.2, 0.25) is 0 Å². The highest BCUT2D eigenvalue weighted by Gasteiger charge is 2.38. The molecule has 36 heavy (non-hydrogen) atoms. The number of carbonyl (C=O) groups is 1. The summed E-state index contributed by atoms with van der Waals surface area (Å²) in [5, 5.41) is 9.71. The highest BCUT2D eigenvalue weighted by Crippen LogP contribution is 2.35. The molecule has 9 nitrogen and oxygen atoms in total. The normalized spacial score (nSPS) is 20.6. The van der Waals surface area contributed by atoms with Gasteiger partial charge in [0.05, 0.1) is 35.0 Å². The number of nitrogens with zero attached hydrogens (tertiary/aromatic N) is 5. The molecule has 10 heteroatoms. The van der Waals surface area contributed by atoms with Gasteiger partial charge in [0.15, 0.2) is 11.5 Å². The maximum absolute atomic E-state index is 14.6. The van der Waals surface area contributed by atoms with Crippen molar-refractivity contribution in [2.24, 2.45) is 5.92 Å². The molecule has 4 aromatic heterocycles. The lowest BCUT2D eigenvalue weighted by molar-refractivity contribution is 0.0966. The largest absolute Gasteiger partial charge is 0.352 e. The van der Waals surface area contributed by atoms with E-state index in [2.05, 4.69) is 30.8 Å². The number of nitrogens with one attached hydrogen (secondary N) is 3. The van der Waals surface area contributed by atoms with Crippen LogP contribution in [0.5, 0.6) is 0 Å². The van der Waals surface area contributed by atoms with Gasteiger partial charge in [0.2, 0.25) is 0 Å². The van der Waals surface area contributed by atoms with E-state index in [1.165, 1.54) is 6.42 Å². The first-order valence-corrected chi connectivity index (χ1v) is 12.2. The minimum atomic E-state index is -0.364. The van der Waals surface area contributed by atoms with Crippen LogP contribution in [0.15, 0.2) is 42.9 Å². The molecule has 7 heterocycles. The first-order valence-electron chi connectivity index (χ1n) is 12.2. The Hall–Kier alpha value is -4.05. The van der Waals surface area contributed by atoms with E-state index < -0.39 is 0 Å². The molecule has 7 rings (SSSR count). The maximum atomic E-state index is 14.6. The summed E-state index contributed by atoms with van der Waals surface area (Å²) in [5.41, 5.74) is 3.87. The van der Waals surface area contributed by atoms with Crippen molar-refractivity contribution in [3.05, 3.63) is 65.4 Å². The molecule has 0 spiro atoms. The Labute approximate surface area is 206 Å². The van der Waals surface area contributed by atoms with E-state index in [9.17, 15) is 9.18 Å². The smallest absolute Gasteiger partial charge is 0.254 e. The van der Waals surface area contributed by atoms with Gasteiger partial charge in [-0.05, 0) is 43.0 Å². The average Bonchev–Trinajstić information content (AvgIpc) is 3.66. The molecule has 4 aromatic rings. The van der Waals surface area contributed by atoms with Crippen molar-refractivity contribution >= 4 is 28.9 Å². The third-order valence-electron chi connectivity index (χ3n) is 7.62. The lowest BCUT2D eigenvalue weighted by Crippen LogP contribution is -2.34. The Morgan fingerprint density at radius 3 is 3.00 bits per heavy atom. The summed E-state index contributed by atoms with van der Waals surface area (Å²) in [4.78, 5) is 29.1. The number of amides is 1. The number of imidazole rings is 1. The van der Waals surface area contributed by atoms with E-state index in [-0.39, 0.29) is 17.4 Å². The molecule has 0 unspecified atom stereocenters. The lowest BCUT2D eigenvalue weighted by Gasteiger charge is -2.25. The molecule has 3 aliphatic heterocycles. The lowest BCUT2D eigenvalue weighted by atomic mass is 10.1. The Kier molecular flexibility index (Phi) is 4.72. The molecular weight excluding hydrogens is 459 g/mol. The molecule has 2 saturated heterocycles. The van der Waals surface area contributed by atoms with Crippen molar-refractivity contribution in [1.29, 1.82) is 0 Å².